The van der Waals surface area contributed by atoms with Gasteiger partial charge < -0.3 is 9.47 Å². The second kappa shape index (κ2) is 12.4. The van der Waals surface area contributed by atoms with Crippen LogP contribution in [0.3, 0.4) is 0 Å². The van der Waals surface area contributed by atoms with Gasteiger partial charge in [-0.05, 0) is 6.42 Å². The van der Waals surface area contributed by atoms with Crippen LogP contribution in [0.1, 0.15) is 39.0 Å². The first kappa shape index (κ1) is 22.2. The van der Waals surface area contributed by atoms with Gasteiger partial charge >= 0.3 is 7.82 Å². The van der Waals surface area contributed by atoms with E-state index < -0.39 is 14.0 Å². The zero-order chi connectivity index (χ0) is 18.7. The molecule has 0 N–H and O–H groups in total. The van der Waals surface area contributed by atoms with Gasteiger partial charge in [0.2, 0.25) is 0 Å². The normalized spacial score (nSPS) is 21.8. The Labute approximate surface area is 155 Å². The predicted octanol–water partition coefficient (Wildman–Crippen LogP) is 2.95. The zero-order valence-electron chi connectivity index (χ0n) is 15.6. The van der Waals surface area contributed by atoms with Gasteiger partial charge in [0.1, 0.15) is 6.17 Å². The molecule has 2 aliphatic heterocycles. The Morgan fingerprint density at radius 2 is 1.50 bits per heavy atom. The quantitative estimate of drug-likeness (QED) is 0.367. The summed E-state index contributed by atoms with van der Waals surface area (Å²) in [6, 6.07) is 0. The third-order valence-electron chi connectivity index (χ3n) is 4.17. The maximum Gasteiger partial charge on any atom is 0.508 e. The highest BCUT2D eigenvalue weighted by Crippen LogP contribution is 2.51. The second-order valence-corrected chi connectivity index (χ2v) is 7.89. The first-order valence-electron chi connectivity index (χ1n) is 9.55. The Bertz CT molecular complexity index is 398. The Morgan fingerprint density at radius 1 is 0.962 bits per heavy atom. The maximum absolute atomic E-state index is 13.9. The Morgan fingerprint density at radius 3 is 2.00 bits per heavy atom. The molecule has 0 radical (unpaired) electrons. The lowest BCUT2D eigenvalue weighted by atomic mass is 10.1. The van der Waals surface area contributed by atoms with Crippen LogP contribution < -0.4 is 0 Å². The van der Waals surface area contributed by atoms with E-state index >= 15 is 0 Å². The fourth-order valence-corrected chi connectivity index (χ4v) is 4.00. The summed E-state index contributed by atoms with van der Waals surface area (Å²) in [5.74, 6) is 0. The van der Waals surface area contributed by atoms with Crippen LogP contribution in [0.5, 0.6) is 0 Å². The summed E-state index contributed by atoms with van der Waals surface area (Å²) >= 11 is 0. The monoisotopic (exact) mass is 398 g/mol. The molecule has 1 atom stereocenters. The van der Waals surface area contributed by atoms with Crippen molar-refractivity contribution in [1.82, 2.24) is 10.1 Å². The van der Waals surface area contributed by atoms with E-state index in [1.807, 2.05) is 0 Å². The molecule has 1 unspecified atom stereocenters. The van der Waals surface area contributed by atoms with Gasteiger partial charge in [-0.3, -0.25) is 4.52 Å². The molecule has 0 spiro atoms. The van der Waals surface area contributed by atoms with E-state index in [1.165, 1.54) is 10.1 Å². The molecule has 2 rings (SSSR count). The molecule has 2 fully saturated rings. The van der Waals surface area contributed by atoms with E-state index in [0.717, 1.165) is 19.3 Å². The second-order valence-electron chi connectivity index (χ2n) is 6.41. The standard InChI is InChI=1S/C16H32FN2O6P/c1-2-3-4-5-16(17)6-11-23-26(20,24-18-7-12-21-13-8-18)25-19-9-14-22-15-10-19/h16H,2-15H2,1H3. The van der Waals surface area contributed by atoms with Crippen LogP contribution in [0.4, 0.5) is 4.39 Å². The van der Waals surface area contributed by atoms with Crippen LogP contribution in [-0.2, 0) is 27.8 Å². The van der Waals surface area contributed by atoms with E-state index in [-0.39, 0.29) is 13.0 Å². The van der Waals surface area contributed by atoms with Crippen molar-refractivity contribution in [2.45, 2.75) is 45.2 Å². The largest absolute Gasteiger partial charge is 0.508 e. The van der Waals surface area contributed by atoms with Crippen molar-refractivity contribution in [3.05, 3.63) is 0 Å². The average Bonchev–Trinajstić information content (AvgIpc) is 2.63. The molecule has 2 heterocycles. The SMILES string of the molecule is CCCCCC(F)CCOP(=O)(ON1CCOCC1)ON1CCOCC1. The molecule has 0 aromatic heterocycles. The van der Waals surface area contributed by atoms with E-state index in [4.69, 9.17) is 23.2 Å². The molecule has 2 aliphatic rings. The highest BCUT2D eigenvalue weighted by atomic mass is 31.2. The minimum atomic E-state index is -3.87. The van der Waals surface area contributed by atoms with Crippen molar-refractivity contribution in [2.75, 3.05) is 59.2 Å². The molecule has 26 heavy (non-hydrogen) atoms. The molecular weight excluding hydrogens is 366 g/mol. The lowest BCUT2D eigenvalue weighted by molar-refractivity contribution is -0.183. The van der Waals surface area contributed by atoms with Crippen molar-refractivity contribution in [2.24, 2.45) is 0 Å². The third kappa shape index (κ3) is 8.71. The Kier molecular flexibility index (Phi) is 10.5. The van der Waals surface area contributed by atoms with Crippen molar-refractivity contribution in [1.29, 1.82) is 0 Å². The lowest BCUT2D eigenvalue weighted by Gasteiger charge is -2.32. The van der Waals surface area contributed by atoms with Crippen LogP contribution in [0.2, 0.25) is 0 Å². The number of hydrogen-bond donors (Lipinski definition) is 0. The number of hydrogen-bond acceptors (Lipinski definition) is 8. The Hall–Kier alpha value is -0.120. The van der Waals surface area contributed by atoms with Crippen LogP contribution in [0.25, 0.3) is 0 Å². The summed E-state index contributed by atoms with van der Waals surface area (Å²) in [5, 5.41) is 3.05. The first-order valence-corrected chi connectivity index (χ1v) is 11.0. The number of morpholine rings is 2. The third-order valence-corrected chi connectivity index (χ3v) is 5.53. The number of ether oxygens (including phenoxy) is 2. The van der Waals surface area contributed by atoms with E-state index in [1.54, 1.807) is 0 Å². The number of rotatable bonds is 12. The predicted molar refractivity (Wildman–Crippen MR) is 94.2 cm³/mol. The van der Waals surface area contributed by atoms with E-state index in [0.29, 0.717) is 59.0 Å². The minimum Gasteiger partial charge on any atom is -0.379 e. The van der Waals surface area contributed by atoms with Gasteiger partial charge in [-0.15, -0.1) is 0 Å². The number of phosphoric acid groups is 1. The zero-order valence-corrected chi connectivity index (χ0v) is 16.5. The van der Waals surface area contributed by atoms with Crippen LogP contribution >= 0.6 is 7.82 Å². The minimum absolute atomic E-state index is 0.0146. The summed E-state index contributed by atoms with van der Waals surface area (Å²) in [6.07, 6.45) is 2.62. The van der Waals surface area contributed by atoms with Crippen molar-refractivity contribution >= 4 is 7.82 Å². The summed E-state index contributed by atoms with van der Waals surface area (Å²) in [7, 11) is -3.87. The fraction of sp³-hybridized carbons (Fsp3) is 1.00. The molecule has 0 bridgehead atoms. The molecule has 0 saturated carbocycles. The van der Waals surface area contributed by atoms with Gasteiger partial charge in [0.15, 0.2) is 0 Å². The number of unbranched alkanes of at least 4 members (excludes halogenated alkanes) is 2. The molecule has 8 nitrogen and oxygen atoms in total. The van der Waals surface area contributed by atoms with Crippen LogP contribution in [-0.4, -0.2) is 75.5 Å². The van der Waals surface area contributed by atoms with Crippen molar-refractivity contribution in [3.8, 4) is 0 Å². The van der Waals surface area contributed by atoms with Gasteiger partial charge in [-0.1, -0.05) is 26.2 Å². The number of nitrogens with zero attached hydrogens (tertiary/aromatic N) is 2. The van der Waals surface area contributed by atoms with Crippen LogP contribution in [0, 0.1) is 0 Å². The lowest BCUT2D eigenvalue weighted by Crippen LogP contribution is -2.39. The summed E-state index contributed by atoms with van der Waals surface area (Å²) in [6.45, 7) is 5.92. The molecule has 0 aromatic carbocycles. The Balaban J connectivity index is 1.81. The first-order chi connectivity index (χ1) is 12.6. The molecule has 2 saturated heterocycles. The van der Waals surface area contributed by atoms with Crippen molar-refractivity contribution in [3.63, 3.8) is 0 Å². The molecule has 154 valence electrons. The molecule has 10 heteroatoms. The van der Waals surface area contributed by atoms with Crippen LogP contribution in [0.15, 0.2) is 0 Å². The summed E-state index contributed by atoms with van der Waals surface area (Å²) < 4.78 is 53.9. The van der Waals surface area contributed by atoms with Gasteiger partial charge in [0.05, 0.1) is 33.0 Å². The highest BCUT2D eigenvalue weighted by Gasteiger charge is 2.35. The maximum atomic E-state index is 13.9. The molecule has 0 aliphatic carbocycles. The van der Waals surface area contributed by atoms with Gasteiger partial charge in [-0.2, -0.15) is 19.4 Å². The average molecular weight is 398 g/mol. The number of alkyl halides is 1. The molecular formula is C16H32FN2O6P. The van der Waals surface area contributed by atoms with Gasteiger partial charge in [0.25, 0.3) is 0 Å². The van der Waals surface area contributed by atoms with E-state index in [9.17, 15) is 8.96 Å². The highest BCUT2D eigenvalue weighted by molar-refractivity contribution is 7.48. The number of halogens is 1. The van der Waals surface area contributed by atoms with Gasteiger partial charge in [0, 0.05) is 32.6 Å². The molecule has 0 amide bonds. The van der Waals surface area contributed by atoms with Crippen molar-refractivity contribution < 1.29 is 32.2 Å². The summed E-state index contributed by atoms with van der Waals surface area (Å²) in [5.41, 5.74) is 0. The fourth-order valence-electron chi connectivity index (χ4n) is 2.65. The molecule has 0 aromatic rings. The topological polar surface area (TPSA) is 69.7 Å². The summed E-state index contributed by atoms with van der Waals surface area (Å²) in [4.78, 5) is 0. The smallest absolute Gasteiger partial charge is 0.379 e. The van der Waals surface area contributed by atoms with E-state index in [2.05, 4.69) is 6.92 Å². The van der Waals surface area contributed by atoms with Gasteiger partial charge in [-0.25, -0.2) is 8.96 Å². The number of hydroxylamine groups is 4.